The second-order valence-electron chi connectivity index (χ2n) is 3.77. The van der Waals surface area contributed by atoms with Crippen LogP contribution in [-0.4, -0.2) is 18.9 Å². The molecule has 0 saturated heterocycles. The lowest BCUT2D eigenvalue weighted by Gasteiger charge is -2.09. The van der Waals surface area contributed by atoms with Crippen molar-refractivity contribution in [3.63, 3.8) is 0 Å². The predicted octanol–water partition coefficient (Wildman–Crippen LogP) is 2.04. The summed E-state index contributed by atoms with van der Waals surface area (Å²) in [6.07, 6.45) is 1.39. The Morgan fingerprint density at radius 2 is 2.06 bits per heavy atom. The molecule has 1 aromatic carbocycles. The smallest absolute Gasteiger partial charge is 0.310 e. The Morgan fingerprint density at radius 3 is 2.56 bits per heavy atom. The van der Waals surface area contributed by atoms with Gasteiger partial charge in [-0.15, -0.1) is 0 Å². The van der Waals surface area contributed by atoms with Gasteiger partial charge < -0.3 is 4.74 Å². The van der Waals surface area contributed by atoms with Gasteiger partial charge in [0.25, 0.3) is 0 Å². The third kappa shape index (κ3) is 3.17. The molecule has 0 fully saturated rings. The third-order valence-electron chi connectivity index (χ3n) is 2.62. The Hall–Kier alpha value is -2.15. The fourth-order valence-electron chi connectivity index (χ4n) is 1.80. The Bertz CT molecular complexity index is 500. The van der Waals surface area contributed by atoms with Gasteiger partial charge in [0, 0.05) is 5.56 Å². The molecule has 1 rings (SSSR count). The minimum Gasteiger partial charge on any atom is -0.466 e. The van der Waals surface area contributed by atoms with Crippen molar-refractivity contribution in [3.8, 4) is 6.07 Å². The van der Waals surface area contributed by atoms with E-state index in [2.05, 4.69) is 0 Å². The van der Waals surface area contributed by atoms with E-state index in [0.29, 0.717) is 29.7 Å². The summed E-state index contributed by atoms with van der Waals surface area (Å²) in [5.74, 6) is -0.391. The summed E-state index contributed by atoms with van der Waals surface area (Å²) in [6.45, 7) is 3.92. The van der Waals surface area contributed by atoms with Crippen molar-refractivity contribution in [3.05, 3.63) is 34.4 Å². The first-order valence-electron chi connectivity index (χ1n) is 5.82. The van der Waals surface area contributed by atoms with Crippen molar-refractivity contribution < 1.29 is 14.3 Å². The molecule has 4 heteroatoms. The van der Waals surface area contributed by atoms with Crippen molar-refractivity contribution in [1.29, 1.82) is 5.26 Å². The number of benzene rings is 1. The summed E-state index contributed by atoms with van der Waals surface area (Å²) >= 11 is 0. The van der Waals surface area contributed by atoms with Gasteiger partial charge in [-0.3, -0.25) is 9.59 Å². The molecule has 0 unspecified atom stereocenters. The minimum absolute atomic E-state index is 0.0183. The van der Waals surface area contributed by atoms with E-state index in [0.717, 1.165) is 11.8 Å². The summed E-state index contributed by atoms with van der Waals surface area (Å²) in [6, 6.07) is 5.28. The Labute approximate surface area is 106 Å². The minimum atomic E-state index is -0.391. The molecule has 0 heterocycles. The molecule has 0 radical (unpaired) electrons. The van der Waals surface area contributed by atoms with E-state index in [9.17, 15) is 9.59 Å². The van der Waals surface area contributed by atoms with Crippen LogP contribution in [0.25, 0.3) is 0 Å². The first-order valence-corrected chi connectivity index (χ1v) is 5.82. The van der Waals surface area contributed by atoms with E-state index in [1.54, 1.807) is 19.1 Å². The van der Waals surface area contributed by atoms with Crippen LogP contribution in [0.4, 0.5) is 0 Å². The molecule has 0 atom stereocenters. The molecule has 0 spiro atoms. The number of aryl methyl sites for hydroxylation is 1. The van der Waals surface area contributed by atoms with Gasteiger partial charge in [-0.2, -0.15) is 5.26 Å². The lowest BCUT2D eigenvalue weighted by Crippen LogP contribution is -2.10. The number of hydrogen-bond acceptors (Lipinski definition) is 4. The van der Waals surface area contributed by atoms with Crippen LogP contribution >= 0.6 is 0 Å². The van der Waals surface area contributed by atoms with Gasteiger partial charge in [0.15, 0.2) is 6.29 Å². The van der Waals surface area contributed by atoms with Crippen molar-refractivity contribution in [2.24, 2.45) is 0 Å². The van der Waals surface area contributed by atoms with Gasteiger partial charge >= 0.3 is 5.97 Å². The number of hydrogen-bond donors (Lipinski definition) is 0. The van der Waals surface area contributed by atoms with E-state index in [1.165, 1.54) is 0 Å². The largest absolute Gasteiger partial charge is 0.466 e. The maximum atomic E-state index is 11.5. The molecule has 0 N–H and O–H groups in total. The van der Waals surface area contributed by atoms with E-state index in [4.69, 9.17) is 10.00 Å². The summed E-state index contributed by atoms with van der Waals surface area (Å²) in [7, 11) is 0. The molecule has 0 aliphatic rings. The monoisotopic (exact) mass is 245 g/mol. The number of nitrogens with zero attached hydrogens (tertiary/aromatic N) is 1. The zero-order valence-electron chi connectivity index (χ0n) is 10.5. The lowest BCUT2D eigenvalue weighted by molar-refractivity contribution is -0.142. The zero-order chi connectivity index (χ0) is 13.5. The van der Waals surface area contributed by atoms with E-state index < -0.39 is 5.97 Å². The number of ether oxygens (including phenoxy) is 1. The van der Waals surface area contributed by atoms with Crippen LogP contribution in [0.3, 0.4) is 0 Å². The average Bonchev–Trinajstić information content (AvgIpc) is 2.37. The number of aldehydes is 1. The first kappa shape index (κ1) is 13.9. The van der Waals surface area contributed by atoms with Crippen LogP contribution in [0.5, 0.6) is 0 Å². The van der Waals surface area contributed by atoms with Crippen molar-refractivity contribution in [2.75, 3.05) is 6.61 Å². The van der Waals surface area contributed by atoms with Crippen LogP contribution in [-0.2, 0) is 22.4 Å². The van der Waals surface area contributed by atoms with Gasteiger partial charge in [-0.25, -0.2) is 0 Å². The van der Waals surface area contributed by atoms with Gasteiger partial charge in [0.1, 0.15) is 0 Å². The van der Waals surface area contributed by atoms with E-state index >= 15 is 0 Å². The Kier molecular flexibility index (Phi) is 5.06. The van der Waals surface area contributed by atoms with E-state index in [1.807, 2.05) is 13.0 Å². The van der Waals surface area contributed by atoms with Crippen LogP contribution in [0.2, 0.25) is 0 Å². The zero-order valence-corrected chi connectivity index (χ0v) is 10.5. The summed E-state index contributed by atoms with van der Waals surface area (Å²) in [5.41, 5.74) is 2.28. The molecule has 1 aromatic rings. The second-order valence-corrected chi connectivity index (χ2v) is 3.77. The summed E-state index contributed by atoms with van der Waals surface area (Å²) in [4.78, 5) is 22.6. The fourth-order valence-corrected chi connectivity index (χ4v) is 1.80. The molecule has 0 aromatic heterocycles. The van der Waals surface area contributed by atoms with Gasteiger partial charge in [-0.1, -0.05) is 6.92 Å². The van der Waals surface area contributed by atoms with Gasteiger partial charge in [0.05, 0.1) is 24.7 Å². The molecule has 0 amide bonds. The highest BCUT2D eigenvalue weighted by Crippen LogP contribution is 2.18. The van der Waals surface area contributed by atoms with Crippen molar-refractivity contribution >= 4 is 12.3 Å². The first-order chi connectivity index (χ1) is 8.65. The highest BCUT2D eigenvalue weighted by molar-refractivity contribution is 5.84. The lowest BCUT2D eigenvalue weighted by atomic mass is 9.95. The molecule has 0 aliphatic carbocycles. The average molecular weight is 245 g/mol. The fraction of sp³-hybridized carbons (Fsp3) is 0.357. The Morgan fingerprint density at radius 1 is 1.39 bits per heavy atom. The number of esters is 1. The van der Waals surface area contributed by atoms with Gasteiger partial charge in [-0.05, 0) is 36.6 Å². The molecule has 18 heavy (non-hydrogen) atoms. The maximum absolute atomic E-state index is 11.5. The molecule has 0 aliphatic heterocycles. The quantitative estimate of drug-likeness (QED) is 0.588. The molecule has 0 bridgehead atoms. The van der Waals surface area contributed by atoms with Crippen LogP contribution < -0.4 is 0 Å². The predicted molar refractivity (Wildman–Crippen MR) is 66.3 cm³/mol. The van der Waals surface area contributed by atoms with Crippen LogP contribution in [0.15, 0.2) is 12.1 Å². The number of nitriles is 1. The highest BCUT2D eigenvalue weighted by Gasteiger charge is 2.13. The maximum Gasteiger partial charge on any atom is 0.310 e. The number of carbonyl (C=O) groups is 2. The Balaban J connectivity index is 3.19. The van der Waals surface area contributed by atoms with Crippen LogP contribution in [0.1, 0.15) is 40.9 Å². The number of rotatable bonds is 5. The molecule has 4 nitrogen and oxygen atoms in total. The molecule has 0 saturated carbocycles. The molecular weight excluding hydrogens is 230 g/mol. The van der Waals surface area contributed by atoms with Crippen molar-refractivity contribution in [1.82, 2.24) is 0 Å². The van der Waals surface area contributed by atoms with Crippen molar-refractivity contribution in [2.45, 2.75) is 26.7 Å². The summed E-state index contributed by atoms with van der Waals surface area (Å²) < 4.78 is 4.85. The normalized spacial score (nSPS) is 9.61. The standard InChI is InChI=1S/C14H15NO3/c1-3-11-5-10(8-15)6-12(13(11)9-16)7-14(17)18-4-2/h5-6,9H,3-4,7H2,1-2H3. The molecule has 94 valence electrons. The number of carbonyl (C=O) groups excluding carboxylic acids is 2. The topological polar surface area (TPSA) is 67.2 Å². The van der Waals surface area contributed by atoms with Gasteiger partial charge in [0.2, 0.25) is 0 Å². The van der Waals surface area contributed by atoms with Crippen LogP contribution in [0, 0.1) is 11.3 Å². The third-order valence-corrected chi connectivity index (χ3v) is 2.62. The highest BCUT2D eigenvalue weighted by atomic mass is 16.5. The van der Waals surface area contributed by atoms with E-state index in [-0.39, 0.29) is 6.42 Å². The second kappa shape index (κ2) is 6.55. The molecular formula is C14H15NO3. The summed E-state index contributed by atoms with van der Waals surface area (Å²) in [5, 5.41) is 8.93. The SMILES string of the molecule is CCOC(=O)Cc1cc(C#N)cc(CC)c1C=O.